The van der Waals surface area contributed by atoms with Crippen molar-refractivity contribution < 1.29 is 18.7 Å². The number of aryl methyl sites for hydroxylation is 1. The molecular weight excluding hydrogens is 414 g/mol. The number of benzene rings is 2. The number of hydrogen-bond donors (Lipinski definition) is 1. The van der Waals surface area contributed by atoms with E-state index >= 15 is 0 Å². The number of aromatic nitrogens is 2. The zero-order valence-corrected chi connectivity index (χ0v) is 17.3. The highest BCUT2D eigenvalue weighted by molar-refractivity contribution is 7.08. The zero-order valence-electron chi connectivity index (χ0n) is 16.5. The predicted molar refractivity (Wildman–Crippen MR) is 116 cm³/mol. The van der Waals surface area contributed by atoms with E-state index < -0.39 is 5.97 Å². The van der Waals surface area contributed by atoms with Crippen molar-refractivity contribution in [3.05, 3.63) is 88.4 Å². The van der Waals surface area contributed by atoms with Crippen molar-refractivity contribution in [1.29, 1.82) is 0 Å². The van der Waals surface area contributed by atoms with Gasteiger partial charge in [0.2, 0.25) is 11.8 Å². The zero-order chi connectivity index (χ0) is 21.5. The Morgan fingerprint density at radius 3 is 2.71 bits per heavy atom. The summed E-state index contributed by atoms with van der Waals surface area (Å²) in [4.78, 5) is 24.6. The highest BCUT2D eigenvalue weighted by Gasteiger charge is 2.13. The van der Waals surface area contributed by atoms with Gasteiger partial charge in [0.1, 0.15) is 5.75 Å². The van der Waals surface area contributed by atoms with E-state index in [1.54, 1.807) is 24.3 Å². The summed E-state index contributed by atoms with van der Waals surface area (Å²) < 4.78 is 10.9. The fourth-order valence-electron chi connectivity index (χ4n) is 2.83. The number of nitrogens with zero attached hydrogens (tertiary/aromatic N) is 2. The first-order valence-electron chi connectivity index (χ1n) is 9.65. The van der Waals surface area contributed by atoms with Crippen molar-refractivity contribution >= 4 is 23.2 Å². The molecule has 31 heavy (non-hydrogen) atoms. The summed E-state index contributed by atoms with van der Waals surface area (Å²) in [6, 6.07) is 18.0. The largest absolute Gasteiger partial charge is 0.426 e. The lowest BCUT2D eigenvalue weighted by Crippen LogP contribution is -2.22. The number of thiophene rings is 1. The molecule has 2 aromatic heterocycles. The van der Waals surface area contributed by atoms with Gasteiger partial charge in [-0.15, -0.1) is 10.2 Å². The smallest absolute Gasteiger partial charge is 0.311 e. The van der Waals surface area contributed by atoms with Crippen LogP contribution >= 0.6 is 11.3 Å². The quantitative estimate of drug-likeness (QED) is 0.329. The van der Waals surface area contributed by atoms with E-state index in [-0.39, 0.29) is 18.7 Å². The summed E-state index contributed by atoms with van der Waals surface area (Å²) in [6.07, 6.45) is 0.350. The Labute approximate surface area is 182 Å². The molecule has 8 heteroatoms. The van der Waals surface area contributed by atoms with Crippen LogP contribution in [0.15, 0.2) is 75.8 Å². The molecular formula is C23H19N3O4S. The van der Waals surface area contributed by atoms with E-state index in [1.807, 2.05) is 47.2 Å². The molecule has 156 valence electrons. The third-order valence-electron chi connectivity index (χ3n) is 4.40. The predicted octanol–water partition coefficient (Wildman–Crippen LogP) is 4.27. The van der Waals surface area contributed by atoms with E-state index in [9.17, 15) is 9.59 Å². The van der Waals surface area contributed by atoms with Crippen molar-refractivity contribution in [1.82, 2.24) is 15.5 Å². The van der Waals surface area contributed by atoms with Crippen LogP contribution < -0.4 is 10.1 Å². The van der Waals surface area contributed by atoms with Crippen molar-refractivity contribution in [3.63, 3.8) is 0 Å². The Bertz CT molecular complexity index is 1160. The van der Waals surface area contributed by atoms with E-state index in [4.69, 9.17) is 9.15 Å². The molecule has 2 aromatic carbocycles. The molecule has 1 N–H and O–H groups in total. The number of ether oxygens (including phenoxy) is 1. The van der Waals surface area contributed by atoms with Gasteiger partial charge in [0.05, 0.1) is 6.42 Å². The van der Waals surface area contributed by atoms with Crippen LogP contribution in [0.3, 0.4) is 0 Å². The molecule has 0 spiro atoms. The fourth-order valence-corrected chi connectivity index (χ4v) is 3.46. The number of carbonyl (C=O) groups excluding carboxylic acids is 2. The number of carbonyl (C=O) groups is 2. The second kappa shape index (κ2) is 9.82. The van der Waals surface area contributed by atoms with E-state index in [0.29, 0.717) is 29.6 Å². The summed E-state index contributed by atoms with van der Waals surface area (Å²) in [7, 11) is 0. The second-order valence-electron chi connectivity index (χ2n) is 6.68. The van der Waals surface area contributed by atoms with Gasteiger partial charge in [-0.3, -0.25) is 9.59 Å². The maximum absolute atomic E-state index is 12.4. The minimum absolute atomic E-state index is 0.0791. The van der Waals surface area contributed by atoms with Crippen LogP contribution in [0.25, 0.3) is 11.5 Å². The molecule has 4 rings (SSSR count). The Morgan fingerprint density at radius 1 is 1.03 bits per heavy atom. The molecule has 0 fully saturated rings. The number of nitrogens with one attached hydrogen (secondary N) is 1. The minimum Gasteiger partial charge on any atom is -0.426 e. The monoisotopic (exact) mass is 433 g/mol. The average Bonchev–Trinajstić information content (AvgIpc) is 3.49. The lowest BCUT2D eigenvalue weighted by molar-refractivity contribution is -0.134. The Kier molecular flexibility index (Phi) is 6.49. The van der Waals surface area contributed by atoms with E-state index in [2.05, 4.69) is 15.5 Å². The van der Waals surface area contributed by atoms with Gasteiger partial charge in [0.15, 0.2) is 0 Å². The first-order chi connectivity index (χ1) is 15.2. The average molecular weight is 433 g/mol. The molecule has 2 heterocycles. The molecule has 0 aliphatic carbocycles. The van der Waals surface area contributed by atoms with Crippen molar-refractivity contribution in [2.45, 2.75) is 19.4 Å². The van der Waals surface area contributed by atoms with Gasteiger partial charge in [-0.2, -0.15) is 11.3 Å². The van der Waals surface area contributed by atoms with Crippen LogP contribution in [0.4, 0.5) is 0 Å². The maximum atomic E-state index is 12.4. The second-order valence-corrected chi connectivity index (χ2v) is 7.46. The SMILES string of the molecule is O=C(CCc1nnc(-c2ccsc2)o1)Oc1cccc(C(=O)NCc2ccccc2)c1. The summed E-state index contributed by atoms with van der Waals surface area (Å²) in [6.45, 7) is 0.418. The summed E-state index contributed by atoms with van der Waals surface area (Å²) in [5.74, 6) is 0.415. The number of hydrogen-bond acceptors (Lipinski definition) is 7. The van der Waals surface area contributed by atoms with Gasteiger partial charge in [-0.25, -0.2) is 0 Å². The Balaban J connectivity index is 1.29. The molecule has 7 nitrogen and oxygen atoms in total. The lowest BCUT2D eigenvalue weighted by Gasteiger charge is -2.08. The molecule has 0 unspecified atom stereocenters. The van der Waals surface area contributed by atoms with Gasteiger partial charge < -0.3 is 14.5 Å². The standard InChI is InChI=1S/C23H19N3O4S/c27-21(10-9-20-25-26-23(30-20)18-11-12-31-15-18)29-19-8-4-7-17(13-19)22(28)24-14-16-5-2-1-3-6-16/h1-8,11-13,15H,9-10,14H2,(H,24,28). The third-order valence-corrected chi connectivity index (χ3v) is 5.09. The highest BCUT2D eigenvalue weighted by atomic mass is 32.1. The van der Waals surface area contributed by atoms with Gasteiger partial charge in [0.25, 0.3) is 5.91 Å². The molecule has 0 atom stereocenters. The summed E-state index contributed by atoms with van der Waals surface area (Å²) in [5, 5.41) is 14.6. The molecule has 0 saturated heterocycles. The van der Waals surface area contributed by atoms with Gasteiger partial charge in [0, 0.05) is 29.5 Å². The van der Waals surface area contributed by atoms with Gasteiger partial charge >= 0.3 is 5.97 Å². The number of amides is 1. The molecule has 0 bridgehead atoms. The van der Waals surface area contributed by atoms with E-state index in [1.165, 1.54) is 11.3 Å². The molecule has 4 aromatic rings. The van der Waals surface area contributed by atoms with Crippen LogP contribution in [-0.4, -0.2) is 22.1 Å². The number of esters is 1. The van der Waals surface area contributed by atoms with Crippen molar-refractivity contribution in [2.75, 3.05) is 0 Å². The van der Waals surface area contributed by atoms with Crippen molar-refractivity contribution in [2.24, 2.45) is 0 Å². The highest BCUT2D eigenvalue weighted by Crippen LogP contribution is 2.21. The van der Waals surface area contributed by atoms with Gasteiger partial charge in [-0.05, 0) is 35.2 Å². The van der Waals surface area contributed by atoms with Crippen LogP contribution in [0.1, 0.15) is 28.2 Å². The Morgan fingerprint density at radius 2 is 1.90 bits per heavy atom. The van der Waals surface area contributed by atoms with E-state index in [0.717, 1.165) is 11.1 Å². The summed E-state index contributed by atoms with van der Waals surface area (Å²) in [5.41, 5.74) is 2.27. The summed E-state index contributed by atoms with van der Waals surface area (Å²) >= 11 is 1.54. The third kappa shape index (κ3) is 5.64. The topological polar surface area (TPSA) is 94.3 Å². The van der Waals surface area contributed by atoms with Crippen LogP contribution in [-0.2, 0) is 17.8 Å². The minimum atomic E-state index is -0.447. The first kappa shape index (κ1) is 20.5. The molecule has 0 radical (unpaired) electrons. The van der Waals surface area contributed by atoms with Gasteiger partial charge in [-0.1, -0.05) is 36.4 Å². The van der Waals surface area contributed by atoms with Crippen LogP contribution in [0.2, 0.25) is 0 Å². The van der Waals surface area contributed by atoms with Crippen LogP contribution in [0.5, 0.6) is 5.75 Å². The number of rotatable bonds is 8. The molecule has 0 saturated carbocycles. The lowest BCUT2D eigenvalue weighted by atomic mass is 10.2. The maximum Gasteiger partial charge on any atom is 0.311 e. The first-order valence-corrected chi connectivity index (χ1v) is 10.6. The normalized spacial score (nSPS) is 10.6. The van der Waals surface area contributed by atoms with Crippen molar-refractivity contribution in [3.8, 4) is 17.2 Å². The van der Waals surface area contributed by atoms with Crippen LogP contribution in [0, 0.1) is 0 Å². The molecule has 1 amide bonds. The molecule has 0 aliphatic rings. The molecule has 0 aliphatic heterocycles. The Hall–Kier alpha value is -3.78. The fraction of sp³-hybridized carbons (Fsp3) is 0.130.